The lowest BCUT2D eigenvalue weighted by molar-refractivity contribution is 0.0977. The number of anilines is 1. The van der Waals surface area contributed by atoms with Gasteiger partial charge in [0.2, 0.25) is 0 Å². The number of hydrogen-bond acceptors (Lipinski definition) is 3. The summed E-state index contributed by atoms with van der Waals surface area (Å²) in [5.74, 6) is 0.531. The van der Waals surface area contributed by atoms with Gasteiger partial charge in [-0.05, 0) is 49.7 Å². The van der Waals surface area contributed by atoms with Crippen molar-refractivity contribution in [1.29, 1.82) is 0 Å². The van der Waals surface area contributed by atoms with E-state index in [1.165, 1.54) is 0 Å². The van der Waals surface area contributed by atoms with Crippen LogP contribution >= 0.6 is 23.2 Å². The molecule has 6 heteroatoms. The van der Waals surface area contributed by atoms with Crippen molar-refractivity contribution in [3.63, 3.8) is 0 Å². The minimum absolute atomic E-state index is 0.170. The van der Waals surface area contributed by atoms with E-state index in [9.17, 15) is 4.79 Å². The Morgan fingerprint density at radius 1 is 1.11 bits per heavy atom. The van der Waals surface area contributed by atoms with E-state index in [-0.39, 0.29) is 11.9 Å². The minimum atomic E-state index is -0.328. The number of para-hydroxylation sites is 1. The summed E-state index contributed by atoms with van der Waals surface area (Å²) in [5.41, 5.74) is 2.84. The van der Waals surface area contributed by atoms with E-state index in [1.807, 2.05) is 38.1 Å². The predicted molar refractivity (Wildman–Crippen MR) is 114 cm³/mol. The van der Waals surface area contributed by atoms with Gasteiger partial charge in [-0.15, -0.1) is 0 Å². The number of ether oxygens (including phenoxy) is 1. The van der Waals surface area contributed by atoms with Crippen LogP contribution in [-0.2, 0) is 0 Å². The molecule has 3 aromatic rings. The van der Waals surface area contributed by atoms with E-state index >= 15 is 0 Å². The van der Waals surface area contributed by atoms with Gasteiger partial charge in [-0.1, -0.05) is 41.4 Å². The zero-order valence-electron chi connectivity index (χ0n) is 15.8. The lowest BCUT2D eigenvalue weighted by atomic mass is 10.0. The average molecular weight is 415 g/mol. The summed E-state index contributed by atoms with van der Waals surface area (Å²) >= 11 is 12.5. The van der Waals surface area contributed by atoms with Crippen LogP contribution in [0.15, 0.2) is 60.9 Å². The second kappa shape index (κ2) is 8.63. The first-order valence-electron chi connectivity index (χ1n) is 8.75. The van der Waals surface area contributed by atoms with Crippen molar-refractivity contribution in [2.45, 2.75) is 19.9 Å². The second-order valence-corrected chi connectivity index (χ2v) is 7.28. The SMILES string of the molecule is COc1ccccc1[C@@H](C)N(C(=O)c1ccncc1C)c1cc(Cl)cc(Cl)c1. The number of carbonyl (C=O) groups excluding carboxylic acids is 1. The molecule has 0 aliphatic carbocycles. The molecule has 0 fully saturated rings. The maximum absolute atomic E-state index is 13.6. The lowest BCUT2D eigenvalue weighted by Crippen LogP contribution is -2.34. The quantitative estimate of drug-likeness (QED) is 0.505. The summed E-state index contributed by atoms with van der Waals surface area (Å²) in [6, 6.07) is 14.1. The number of benzene rings is 2. The van der Waals surface area contributed by atoms with Crippen molar-refractivity contribution in [2.75, 3.05) is 12.0 Å². The highest BCUT2D eigenvalue weighted by Gasteiger charge is 2.28. The molecule has 0 saturated carbocycles. The third-order valence-electron chi connectivity index (χ3n) is 4.57. The van der Waals surface area contributed by atoms with Crippen LogP contribution in [0.3, 0.4) is 0 Å². The van der Waals surface area contributed by atoms with Crippen LogP contribution < -0.4 is 9.64 Å². The molecule has 0 saturated heterocycles. The van der Waals surface area contributed by atoms with Crippen molar-refractivity contribution < 1.29 is 9.53 Å². The Hall–Kier alpha value is -2.56. The Morgan fingerprint density at radius 2 is 1.79 bits per heavy atom. The molecular weight excluding hydrogens is 395 g/mol. The normalized spacial score (nSPS) is 11.8. The van der Waals surface area contributed by atoms with E-state index in [2.05, 4.69) is 4.98 Å². The number of amides is 1. The molecule has 0 N–H and O–H groups in total. The molecule has 2 aromatic carbocycles. The molecule has 3 rings (SSSR count). The van der Waals surface area contributed by atoms with E-state index < -0.39 is 0 Å². The summed E-state index contributed by atoms with van der Waals surface area (Å²) in [5, 5.41) is 0.915. The van der Waals surface area contributed by atoms with Gasteiger partial charge in [-0.2, -0.15) is 0 Å². The van der Waals surface area contributed by atoms with E-state index in [0.29, 0.717) is 27.0 Å². The smallest absolute Gasteiger partial charge is 0.259 e. The molecule has 0 unspecified atom stereocenters. The van der Waals surface area contributed by atoms with Crippen molar-refractivity contribution in [1.82, 2.24) is 4.98 Å². The largest absolute Gasteiger partial charge is 0.496 e. The molecule has 0 spiro atoms. The number of aryl methyl sites for hydroxylation is 1. The van der Waals surface area contributed by atoms with Crippen molar-refractivity contribution in [2.24, 2.45) is 0 Å². The van der Waals surface area contributed by atoms with Gasteiger partial charge in [-0.3, -0.25) is 9.78 Å². The molecule has 0 radical (unpaired) electrons. The van der Waals surface area contributed by atoms with Crippen LogP contribution in [0, 0.1) is 6.92 Å². The van der Waals surface area contributed by atoms with Gasteiger partial charge < -0.3 is 9.64 Å². The lowest BCUT2D eigenvalue weighted by Gasteiger charge is -2.31. The molecule has 0 bridgehead atoms. The highest BCUT2D eigenvalue weighted by molar-refractivity contribution is 6.35. The van der Waals surface area contributed by atoms with Crippen molar-refractivity contribution in [3.8, 4) is 5.75 Å². The topological polar surface area (TPSA) is 42.4 Å². The summed E-state index contributed by atoms with van der Waals surface area (Å²) in [7, 11) is 1.61. The molecule has 28 heavy (non-hydrogen) atoms. The number of methoxy groups -OCH3 is 1. The van der Waals surface area contributed by atoms with Gasteiger partial charge in [0.25, 0.3) is 5.91 Å². The zero-order valence-corrected chi connectivity index (χ0v) is 17.3. The first-order chi connectivity index (χ1) is 13.4. The maximum Gasteiger partial charge on any atom is 0.259 e. The van der Waals surface area contributed by atoms with Crippen LogP contribution in [0.2, 0.25) is 10.0 Å². The van der Waals surface area contributed by atoms with Gasteiger partial charge in [0, 0.05) is 39.3 Å². The maximum atomic E-state index is 13.6. The average Bonchev–Trinajstić information content (AvgIpc) is 2.67. The standard InChI is InChI=1S/C22H20Cl2N2O2/c1-14-13-25-9-8-19(14)22(27)26(18-11-16(23)10-17(24)12-18)15(2)20-6-4-5-7-21(20)28-3/h4-13,15H,1-3H3/t15-/m1/s1. The fraction of sp³-hybridized carbons (Fsp3) is 0.182. The predicted octanol–water partition coefficient (Wildman–Crippen LogP) is 6.11. The highest BCUT2D eigenvalue weighted by Crippen LogP contribution is 2.36. The number of hydrogen-bond donors (Lipinski definition) is 0. The first kappa shape index (κ1) is 20.2. The summed E-state index contributed by atoms with van der Waals surface area (Å²) in [4.78, 5) is 19.3. The van der Waals surface area contributed by atoms with Crippen LogP contribution in [0.25, 0.3) is 0 Å². The van der Waals surface area contributed by atoms with Gasteiger partial charge in [0.05, 0.1) is 13.2 Å². The molecule has 0 aliphatic rings. The Balaban J connectivity index is 2.16. The van der Waals surface area contributed by atoms with Crippen LogP contribution in [0.4, 0.5) is 5.69 Å². The minimum Gasteiger partial charge on any atom is -0.496 e. The molecule has 4 nitrogen and oxygen atoms in total. The Labute approximate surface area is 174 Å². The first-order valence-corrected chi connectivity index (χ1v) is 9.51. The Bertz CT molecular complexity index is 987. The van der Waals surface area contributed by atoms with Gasteiger partial charge in [-0.25, -0.2) is 0 Å². The van der Waals surface area contributed by atoms with E-state index in [4.69, 9.17) is 27.9 Å². The molecule has 0 aliphatic heterocycles. The third-order valence-corrected chi connectivity index (χ3v) is 5.01. The summed E-state index contributed by atoms with van der Waals surface area (Å²) in [6.07, 6.45) is 3.28. The van der Waals surface area contributed by atoms with Gasteiger partial charge in [0.15, 0.2) is 0 Å². The van der Waals surface area contributed by atoms with Crippen molar-refractivity contribution in [3.05, 3.63) is 87.7 Å². The number of nitrogens with zero attached hydrogens (tertiary/aromatic N) is 2. The summed E-state index contributed by atoms with van der Waals surface area (Å²) < 4.78 is 5.51. The van der Waals surface area contributed by atoms with E-state index in [1.54, 1.807) is 48.7 Å². The van der Waals surface area contributed by atoms with Crippen LogP contribution in [0.1, 0.15) is 34.5 Å². The molecule has 1 aromatic heterocycles. The Morgan fingerprint density at radius 3 is 2.43 bits per heavy atom. The molecule has 1 heterocycles. The third kappa shape index (κ3) is 4.13. The Kier molecular flexibility index (Phi) is 6.22. The molecule has 1 amide bonds. The second-order valence-electron chi connectivity index (χ2n) is 6.41. The van der Waals surface area contributed by atoms with Gasteiger partial charge in [0.1, 0.15) is 5.75 Å². The fourth-order valence-electron chi connectivity index (χ4n) is 3.19. The number of rotatable bonds is 5. The number of pyridine rings is 1. The molecule has 1 atom stereocenters. The highest BCUT2D eigenvalue weighted by atomic mass is 35.5. The van der Waals surface area contributed by atoms with Crippen LogP contribution in [-0.4, -0.2) is 18.0 Å². The number of carbonyl (C=O) groups is 1. The van der Waals surface area contributed by atoms with E-state index in [0.717, 1.165) is 11.1 Å². The number of aromatic nitrogens is 1. The monoisotopic (exact) mass is 414 g/mol. The van der Waals surface area contributed by atoms with Gasteiger partial charge >= 0.3 is 0 Å². The summed E-state index contributed by atoms with van der Waals surface area (Å²) in [6.45, 7) is 3.80. The number of halogens is 2. The van der Waals surface area contributed by atoms with Crippen LogP contribution in [0.5, 0.6) is 5.75 Å². The van der Waals surface area contributed by atoms with Crippen molar-refractivity contribution >= 4 is 34.8 Å². The molecule has 144 valence electrons. The molecular formula is C22H20Cl2N2O2. The zero-order chi connectivity index (χ0) is 20.3. The fourth-order valence-corrected chi connectivity index (χ4v) is 3.70.